The van der Waals surface area contributed by atoms with E-state index < -0.39 is 0 Å². The molecule has 0 unspecified atom stereocenters. The summed E-state index contributed by atoms with van der Waals surface area (Å²) in [6.07, 6.45) is 0.818. The third kappa shape index (κ3) is 3.99. The summed E-state index contributed by atoms with van der Waals surface area (Å²) in [5.74, 6) is 0. The maximum Gasteiger partial charge on any atom is 0.321 e. The zero-order chi connectivity index (χ0) is 11.1. The number of benzene rings is 1. The first-order valence-electron chi connectivity index (χ1n) is 5.01. The highest BCUT2D eigenvalue weighted by molar-refractivity contribution is 5.89. The highest BCUT2D eigenvalue weighted by Crippen LogP contribution is 2.05. The number of hydrogen-bond donors (Lipinski definition) is 2. The molecule has 1 rings (SSSR count). The van der Waals surface area contributed by atoms with Gasteiger partial charge in [0.1, 0.15) is 0 Å². The minimum Gasteiger partial charge on any atom is -0.330 e. The second-order valence-corrected chi connectivity index (χ2v) is 3.36. The van der Waals surface area contributed by atoms with Crippen molar-refractivity contribution >= 4 is 11.7 Å². The molecule has 0 saturated heterocycles. The Labute approximate surface area is 90.1 Å². The SMILES string of the molecule is CN(CCCN)C(=O)Nc1ccccc1. The Balaban J connectivity index is 2.42. The van der Waals surface area contributed by atoms with Crippen LogP contribution < -0.4 is 11.1 Å². The molecule has 15 heavy (non-hydrogen) atoms. The standard InChI is InChI=1S/C11H17N3O/c1-14(9-5-8-12)11(15)13-10-6-3-2-4-7-10/h2-4,6-7H,5,8-9,12H2,1H3,(H,13,15). The molecule has 1 aromatic rings. The zero-order valence-electron chi connectivity index (χ0n) is 8.94. The van der Waals surface area contributed by atoms with E-state index in [9.17, 15) is 4.79 Å². The normalized spacial score (nSPS) is 9.73. The molecule has 0 atom stereocenters. The van der Waals surface area contributed by atoms with Gasteiger partial charge in [-0.25, -0.2) is 4.79 Å². The van der Waals surface area contributed by atoms with Crippen molar-refractivity contribution in [1.29, 1.82) is 0 Å². The van der Waals surface area contributed by atoms with Gasteiger partial charge in [-0.2, -0.15) is 0 Å². The van der Waals surface area contributed by atoms with Crippen LogP contribution in [0, 0.1) is 0 Å². The summed E-state index contributed by atoms with van der Waals surface area (Å²) >= 11 is 0. The second kappa shape index (κ2) is 6.03. The fourth-order valence-corrected chi connectivity index (χ4v) is 1.17. The lowest BCUT2D eigenvalue weighted by molar-refractivity contribution is 0.222. The van der Waals surface area contributed by atoms with Crippen molar-refractivity contribution in [1.82, 2.24) is 4.90 Å². The topological polar surface area (TPSA) is 58.4 Å². The van der Waals surface area contributed by atoms with E-state index in [-0.39, 0.29) is 6.03 Å². The van der Waals surface area contributed by atoms with Gasteiger partial charge in [-0.15, -0.1) is 0 Å². The van der Waals surface area contributed by atoms with Gasteiger partial charge in [0.05, 0.1) is 0 Å². The van der Waals surface area contributed by atoms with Crippen molar-refractivity contribution in [2.75, 3.05) is 25.5 Å². The van der Waals surface area contributed by atoms with Crippen LogP contribution in [0.1, 0.15) is 6.42 Å². The van der Waals surface area contributed by atoms with Crippen molar-refractivity contribution in [3.05, 3.63) is 30.3 Å². The van der Waals surface area contributed by atoms with Gasteiger partial charge < -0.3 is 16.0 Å². The molecule has 0 aliphatic carbocycles. The Morgan fingerprint density at radius 3 is 2.67 bits per heavy atom. The van der Waals surface area contributed by atoms with Crippen LogP contribution in [0.25, 0.3) is 0 Å². The number of urea groups is 1. The Hall–Kier alpha value is -1.55. The van der Waals surface area contributed by atoms with Crippen molar-refractivity contribution < 1.29 is 4.79 Å². The first-order chi connectivity index (χ1) is 7.24. The molecule has 0 aromatic heterocycles. The monoisotopic (exact) mass is 207 g/mol. The summed E-state index contributed by atoms with van der Waals surface area (Å²) < 4.78 is 0. The third-order valence-corrected chi connectivity index (χ3v) is 2.07. The molecule has 0 aliphatic heterocycles. The van der Waals surface area contributed by atoms with Crippen molar-refractivity contribution in [2.45, 2.75) is 6.42 Å². The third-order valence-electron chi connectivity index (χ3n) is 2.07. The maximum atomic E-state index is 11.6. The number of anilines is 1. The largest absolute Gasteiger partial charge is 0.330 e. The van der Waals surface area contributed by atoms with Crippen LogP contribution in [0.5, 0.6) is 0 Å². The van der Waals surface area contributed by atoms with Gasteiger partial charge in [0.2, 0.25) is 0 Å². The Morgan fingerprint density at radius 2 is 2.07 bits per heavy atom. The lowest BCUT2D eigenvalue weighted by Crippen LogP contribution is -2.32. The maximum absolute atomic E-state index is 11.6. The number of nitrogens with two attached hydrogens (primary N) is 1. The summed E-state index contributed by atoms with van der Waals surface area (Å²) in [6.45, 7) is 1.28. The molecule has 0 heterocycles. The first-order valence-corrected chi connectivity index (χ1v) is 5.01. The van der Waals surface area contributed by atoms with Crippen LogP contribution in [0.4, 0.5) is 10.5 Å². The predicted molar refractivity (Wildman–Crippen MR) is 61.8 cm³/mol. The summed E-state index contributed by atoms with van der Waals surface area (Å²) in [5.41, 5.74) is 6.18. The number of nitrogens with one attached hydrogen (secondary N) is 1. The van der Waals surface area contributed by atoms with Crippen LogP contribution in [0.15, 0.2) is 30.3 Å². The Kier molecular flexibility index (Phi) is 4.63. The summed E-state index contributed by atoms with van der Waals surface area (Å²) in [7, 11) is 1.76. The van der Waals surface area contributed by atoms with E-state index in [1.807, 2.05) is 30.3 Å². The molecule has 0 radical (unpaired) electrons. The number of rotatable bonds is 4. The lowest BCUT2D eigenvalue weighted by atomic mass is 10.3. The van der Waals surface area contributed by atoms with Gasteiger partial charge in [-0.3, -0.25) is 0 Å². The molecule has 0 saturated carbocycles. The van der Waals surface area contributed by atoms with Crippen molar-refractivity contribution in [2.24, 2.45) is 5.73 Å². The van der Waals surface area contributed by atoms with Gasteiger partial charge in [0, 0.05) is 19.3 Å². The minimum atomic E-state index is -0.102. The van der Waals surface area contributed by atoms with E-state index >= 15 is 0 Å². The summed E-state index contributed by atoms with van der Waals surface area (Å²) in [6, 6.07) is 9.29. The van der Waals surface area contributed by atoms with Crippen LogP contribution in [-0.4, -0.2) is 31.1 Å². The van der Waals surface area contributed by atoms with Crippen molar-refractivity contribution in [3.8, 4) is 0 Å². The number of carbonyl (C=O) groups excluding carboxylic acids is 1. The fraction of sp³-hybridized carbons (Fsp3) is 0.364. The van der Waals surface area contributed by atoms with Crippen LogP contribution in [0.2, 0.25) is 0 Å². The van der Waals surface area contributed by atoms with Gasteiger partial charge in [0.25, 0.3) is 0 Å². The highest BCUT2D eigenvalue weighted by Gasteiger charge is 2.06. The quantitative estimate of drug-likeness (QED) is 0.786. The fourth-order valence-electron chi connectivity index (χ4n) is 1.17. The number of amides is 2. The number of nitrogens with zero attached hydrogens (tertiary/aromatic N) is 1. The molecule has 1 aromatic carbocycles. The van der Waals surface area contributed by atoms with E-state index in [0.717, 1.165) is 12.1 Å². The zero-order valence-corrected chi connectivity index (χ0v) is 8.94. The molecule has 4 nitrogen and oxygen atoms in total. The number of carbonyl (C=O) groups is 1. The predicted octanol–water partition coefficient (Wildman–Crippen LogP) is 1.50. The summed E-state index contributed by atoms with van der Waals surface area (Å²) in [5, 5.41) is 2.80. The molecular weight excluding hydrogens is 190 g/mol. The molecule has 82 valence electrons. The van der Waals surface area contributed by atoms with Crippen molar-refractivity contribution in [3.63, 3.8) is 0 Å². The van der Waals surface area contributed by atoms with Gasteiger partial charge in [-0.05, 0) is 25.1 Å². The minimum absolute atomic E-state index is 0.102. The average Bonchev–Trinajstić information content (AvgIpc) is 2.27. The first kappa shape index (κ1) is 11.5. The van der Waals surface area contributed by atoms with Gasteiger partial charge in [-0.1, -0.05) is 18.2 Å². The molecule has 3 N–H and O–H groups in total. The Morgan fingerprint density at radius 1 is 1.40 bits per heavy atom. The molecule has 2 amide bonds. The smallest absolute Gasteiger partial charge is 0.321 e. The molecule has 0 fully saturated rings. The van der Waals surface area contributed by atoms with Crippen LogP contribution >= 0.6 is 0 Å². The molecule has 0 bridgehead atoms. The van der Waals surface area contributed by atoms with E-state index in [1.165, 1.54) is 0 Å². The van der Waals surface area contributed by atoms with E-state index in [4.69, 9.17) is 5.73 Å². The average molecular weight is 207 g/mol. The molecule has 0 spiro atoms. The van der Waals surface area contributed by atoms with E-state index in [1.54, 1.807) is 11.9 Å². The Bertz CT molecular complexity index is 300. The highest BCUT2D eigenvalue weighted by atomic mass is 16.2. The van der Waals surface area contributed by atoms with Gasteiger partial charge in [0.15, 0.2) is 0 Å². The number of para-hydroxylation sites is 1. The summed E-state index contributed by atoms with van der Waals surface area (Å²) in [4.78, 5) is 13.2. The van der Waals surface area contributed by atoms with Crippen LogP contribution in [-0.2, 0) is 0 Å². The molecule has 4 heteroatoms. The van der Waals surface area contributed by atoms with Gasteiger partial charge >= 0.3 is 6.03 Å². The molecular formula is C11H17N3O. The molecule has 0 aliphatic rings. The number of hydrogen-bond acceptors (Lipinski definition) is 2. The lowest BCUT2D eigenvalue weighted by Gasteiger charge is -2.17. The van der Waals surface area contributed by atoms with E-state index in [0.29, 0.717) is 13.1 Å². The second-order valence-electron chi connectivity index (χ2n) is 3.36. The van der Waals surface area contributed by atoms with E-state index in [2.05, 4.69) is 5.32 Å². The van der Waals surface area contributed by atoms with Crippen LogP contribution in [0.3, 0.4) is 0 Å².